The Morgan fingerprint density at radius 2 is 1.00 bits per heavy atom. The van der Waals surface area contributed by atoms with Crippen LogP contribution in [0.1, 0.15) is 162 Å². The number of hydrogen-bond acceptors (Lipinski definition) is 1. The lowest BCUT2D eigenvalue weighted by molar-refractivity contribution is 0.377. The minimum absolute atomic E-state index is 0.219. The Morgan fingerprint density at radius 1 is 0.542 bits per heavy atom. The molecule has 1 aliphatic carbocycles. The van der Waals surface area contributed by atoms with Crippen molar-refractivity contribution in [3.8, 4) is 23.7 Å². The largest absolute Gasteiger partial charge is 0.309 e. The highest BCUT2D eigenvalue weighted by molar-refractivity contribution is 5.35. The average molecular weight is 653 g/mol. The fourth-order valence-corrected chi connectivity index (χ4v) is 5.74. The molecule has 1 radical (unpaired) electrons. The Bertz CT molecular complexity index is 986. The van der Waals surface area contributed by atoms with Gasteiger partial charge in [0.05, 0.1) is 5.41 Å². The number of hydrogen-bond donors (Lipinski definition) is 0. The van der Waals surface area contributed by atoms with Crippen molar-refractivity contribution in [3.63, 3.8) is 0 Å². The van der Waals surface area contributed by atoms with Crippen molar-refractivity contribution in [3.05, 3.63) is 79.3 Å². The molecule has 0 aromatic rings. The maximum Gasteiger partial charge on any atom is 0.0950 e. The molecule has 1 heteroatoms. The monoisotopic (exact) mass is 653 g/mol. The van der Waals surface area contributed by atoms with Gasteiger partial charge in [-0.15, -0.1) is 5.92 Å². The molecule has 2 unspecified atom stereocenters. The summed E-state index contributed by atoms with van der Waals surface area (Å²) in [5.41, 5.74) is -0.219. The second kappa shape index (κ2) is 33.0. The number of unbranched alkanes of at least 4 members (excludes halogenated alkanes) is 12. The van der Waals surface area contributed by atoms with E-state index in [-0.39, 0.29) is 5.41 Å². The van der Waals surface area contributed by atoms with Gasteiger partial charge >= 0.3 is 0 Å². The third-order valence-corrected chi connectivity index (χ3v) is 8.88. The summed E-state index contributed by atoms with van der Waals surface area (Å²) in [7, 11) is 4.30. The molecule has 0 aromatic heterocycles. The van der Waals surface area contributed by atoms with Crippen molar-refractivity contribution in [2.24, 2.45) is 11.3 Å². The summed E-state index contributed by atoms with van der Waals surface area (Å²) in [5.74, 6) is 15.0. The molecule has 0 aromatic carbocycles. The quantitative estimate of drug-likeness (QED) is 0.0409. The van der Waals surface area contributed by atoms with Crippen LogP contribution in [0.4, 0.5) is 0 Å². The lowest BCUT2D eigenvalue weighted by Gasteiger charge is -2.22. The zero-order valence-electron chi connectivity index (χ0n) is 32.0. The van der Waals surface area contributed by atoms with Gasteiger partial charge in [-0.2, -0.15) is 0 Å². The molecular formula is C47H74N. The molecule has 1 rings (SSSR count). The molecule has 2 atom stereocenters. The minimum atomic E-state index is -0.219. The third kappa shape index (κ3) is 27.5. The van der Waals surface area contributed by atoms with Crippen molar-refractivity contribution in [1.29, 1.82) is 0 Å². The Labute approximate surface area is 300 Å². The highest BCUT2D eigenvalue weighted by Gasteiger charge is 2.26. The molecule has 1 aliphatic rings. The molecule has 1 nitrogen and oxygen atoms in total. The van der Waals surface area contributed by atoms with Crippen LogP contribution < -0.4 is 0 Å². The standard InChI is InChI=1S/C47H74N/c1-5-7-9-11-13-15-17-19-21-23-25-27-29-31-33-35-41-47(43-37-38-46(39-44-47)40-45-48(3)4)42-36-34-32-30-28-26-24-22-20-18-16-14-12-10-8-6-2/h13-16,19-22,25-28,41,46H,5-12,17-18,23-24,29-36,38,40,42,45H2,1-4H3/b15-13-,16-14-,21-19-,22-20-,27-25-,28-26-. The van der Waals surface area contributed by atoms with E-state index in [0.29, 0.717) is 5.92 Å². The molecule has 0 bridgehead atoms. The van der Waals surface area contributed by atoms with Crippen LogP contribution in [0.15, 0.2) is 72.9 Å². The Morgan fingerprint density at radius 3 is 1.50 bits per heavy atom. The molecule has 267 valence electrons. The van der Waals surface area contributed by atoms with Crippen LogP contribution in [-0.4, -0.2) is 25.5 Å². The minimum Gasteiger partial charge on any atom is -0.309 e. The van der Waals surface area contributed by atoms with E-state index in [2.05, 4.69) is 136 Å². The van der Waals surface area contributed by atoms with Gasteiger partial charge in [0.1, 0.15) is 0 Å². The van der Waals surface area contributed by atoms with Crippen molar-refractivity contribution in [2.45, 2.75) is 162 Å². The number of allylic oxidation sites excluding steroid dienone is 12. The van der Waals surface area contributed by atoms with Crippen LogP contribution in [0.2, 0.25) is 0 Å². The van der Waals surface area contributed by atoms with Gasteiger partial charge in [0, 0.05) is 12.3 Å². The predicted octanol–water partition coefficient (Wildman–Crippen LogP) is 13.7. The Kier molecular flexibility index (Phi) is 30.0. The van der Waals surface area contributed by atoms with Gasteiger partial charge in [-0.25, -0.2) is 0 Å². The highest BCUT2D eigenvalue weighted by atomic mass is 15.0. The summed E-state index contributed by atoms with van der Waals surface area (Å²) in [5, 5.41) is 0. The summed E-state index contributed by atoms with van der Waals surface area (Å²) in [6, 6.07) is 0. The first-order valence-corrected chi connectivity index (χ1v) is 20.0. The molecular weight excluding hydrogens is 579 g/mol. The first-order valence-electron chi connectivity index (χ1n) is 20.0. The summed E-state index contributed by atoms with van der Waals surface area (Å²) < 4.78 is 0. The summed E-state index contributed by atoms with van der Waals surface area (Å²) in [6.45, 7) is 5.60. The SMILES string of the molecule is CCCCC/C=C\C/C=C\C/C=C\CCCC[CH]C1(CCCCC/C=C\C/C=C\C/C=C\CCCCC)C#CCC(CCN(C)C)C#C1. The zero-order chi connectivity index (χ0) is 34.6. The van der Waals surface area contributed by atoms with Crippen molar-refractivity contribution >= 4 is 0 Å². The predicted molar refractivity (Wildman–Crippen MR) is 217 cm³/mol. The van der Waals surface area contributed by atoms with Gasteiger partial charge in [-0.3, -0.25) is 0 Å². The summed E-state index contributed by atoms with van der Waals surface area (Å²) in [4.78, 5) is 2.26. The molecule has 0 heterocycles. The zero-order valence-corrected chi connectivity index (χ0v) is 32.0. The molecule has 48 heavy (non-hydrogen) atoms. The van der Waals surface area contributed by atoms with Crippen LogP contribution in [0.25, 0.3) is 0 Å². The van der Waals surface area contributed by atoms with Crippen LogP contribution >= 0.6 is 0 Å². The van der Waals surface area contributed by atoms with Crippen LogP contribution in [0, 0.1) is 41.4 Å². The van der Waals surface area contributed by atoms with Crippen LogP contribution in [0.5, 0.6) is 0 Å². The lowest BCUT2D eigenvalue weighted by Crippen LogP contribution is -2.18. The molecule has 0 saturated carbocycles. The average Bonchev–Trinajstić information content (AvgIpc) is 3.29. The fourth-order valence-electron chi connectivity index (χ4n) is 5.74. The molecule has 0 saturated heterocycles. The van der Waals surface area contributed by atoms with E-state index in [1.807, 2.05) is 0 Å². The van der Waals surface area contributed by atoms with E-state index in [1.165, 1.54) is 89.9 Å². The Hall–Kier alpha value is -2.48. The first kappa shape index (κ1) is 43.5. The van der Waals surface area contributed by atoms with E-state index >= 15 is 0 Å². The van der Waals surface area contributed by atoms with Crippen molar-refractivity contribution in [2.75, 3.05) is 20.6 Å². The second-order valence-electron chi connectivity index (χ2n) is 13.9. The van der Waals surface area contributed by atoms with E-state index < -0.39 is 0 Å². The van der Waals surface area contributed by atoms with Crippen molar-refractivity contribution < 1.29 is 0 Å². The molecule has 0 spiro atoms. The molecule has 0 aliphatic heterocycles. The van der Waals surface area contributed by atoms with Gasteiger partial charge in [-0.05, 0) is 123 Å². The normalized spacial score (nSPS) is 16.2. The van der Waals surface area contributed by atoms with Crippen LogP contribution in [-0.2, 0) is 0 Å². The summed E-state index contributed by atoms with van der Waals surface area (Å²) >= 11 is 0. The maximum absolute atomic E-state index is 3.72. The summed E-state index contributed by atoms with van der Waals surface area (Å²) in [6.07, 6.45) is 57.6. The maximum atomic E-state index is 3.72. The van der Waals surface area contributed by atoms with E-state index in [9.17, 15) is 0 Å². The van der Waals surface area contributed by atoms with E-state index in [0.717, 1.165) is 64.3 Å². The number of nitrogens with zero attached hydrogens (tertiary/aromatic N) is 1. The van der Waals surface area contributed by atoms with E-state index in [1.54, 1.807) is 0 Å². The lowest BCUT2D eigenvalue weighted by atomic mass is 9.79. The van der Waals surface area contributed by atoms with Gasteiger partial charge < -0.3 is 4.90 Å². The van der Waals surface area contributed by atoms with Gasteiger partial charge in [0.15, 0.2) is 0 Å². The highest BCUT2D eigenvalue weighted by Crippen LogP contribution is 2.32. The second-order valence-corrected chi connectivity index (χ2v) is 13.9. The first-order chi connectivity index (χ1) is 23.6. The van der Waals surface area contributed by atoms with Gasteiger partial charge in [0.25, 0.3) is 0 Å². The fraction of sp³-hybridized carbons (Fsp3) is 0.638. The molecule has 0 amide bonds. The van der Waals surface area contributed by atoms with Crippen LogP contribution in [0.3, 0.4) is 0 Å². The Balaban J connectivity index is 2.37. The molecule has 0 fully saturated rings. The third-order valence-electron chi connectivity index (χ3n) is 8.88. The topological polar surface area (TPSA) is 3.24 Å². The van der Waals surface area contributed by atoms with Gasteiger partial charge in [-0.1, -0.05) is 149 Å². The van der Waals surface area contributed by atoms with Gasteiger partial charge in [0.2, 0.25) is 0 Å². The smallest absolute Gasteiger partial charge is 0.0950 e. The number of rotatable bonds is 31. The van der Waals surface area contributed by atoms with E-state index in [4.69, 9.17) is 0 Å². The van der Waals surface area contributed by atoms with Crippen molar-refractivity contribution in [1.82, 2.24) is 4.90 Å². The molecule has 0 N–H and O–H groups in total.